The molecular formula is C16H23NO2. The lowest BCUT2D eigenvalue weighted by atomic mass is 10.1. The second-order valence-corrected chi connectivity index (χ2v) is 4.66. The summed E-state index contributed by atoms with van der Waals surface area (Å²) in [6, 6.07) is 6.05. The molecule has 3 nitrogen and oxygen atoms in total. The normalized spacial score (nSPS) is 12.0. The first kappa shape index (κ1) is 15.4. The molecule has 1 rings (SSSR count). The lowest BCUT2D eigenvalue weighted by molar-refractivity contribution is 0.230. The molecule has 0 aliphatic carbocycles. The molecule has 0 heterocycles. The Morgan fingerprint density at radius 3 is 2.58 bits per heavy atom. The predicted octanol–water partition coefficient (Wildman–Crippen LogP) is 2.98. The van der Waals surface area contributed by atoms with Crippen molar-refractivity contribution in [1.82, 2.24) is 5.32 Å². The van der Waals surface area contributed by atoms with Crippen molar-refractivity contribution < 1.29 is 9.47 Å². The molecule has 3 heteroatoms. The number of nitrogens with one attached hydrogen (secondary N) is 1. The molecule has 0 amide bonds. The van der Waals surface area contributed by atoms with Gasteiger partial charge in [0.1, 0.15) is 0 Å². The maximum absolute atomic E-state index is 5.68. The molecule has 1 aromatic rings. The first-order chi connectivity index (χ1) is 9.10. The molecule has 1 aromatic carbocycles. The summed E-state index contributed by atoms with van der Waals surface area (Å²) >= 11 is 0. The van der Waals surface area contributed by atoms with E-state index in [1.54, 1.807) is 7.11 Å². The van der Waals surface area contributed by atoms with Gasteiger partial charge in [-0.15, -0.1) is 6.42 Å². The molecule has 104 valence electrons. The van der Waals surface area contributed by atoms with Crippen LogP contribution in [0.1, 0.15) is 32.8 Å². The molecule has 1 N–H and O–H groups in total. The standard InChI is InChI=1S/C16H23NO2/c1-6-14(7-2)17-11-13-8-9-15(19-12(3)4)16(10-13)18-5/h1,8-10,12,14,17H,7,11H2,2-5H3. The third-order valence-electron chi connectivity index (χ3n) is 2.75. The van der Waals surface area contributed by atoms with Gasteiger partial charge in [-0.3, -0.25) is 5.32 Å². The quantitative estimate of drug-likeness (QED) is 0.765. The Morgan fingerprint density at radius 1 is 1.32 bits per heavy atom. The van der Waals surface area contributed by atoms with Crippen molar-refractivity contribution in [3.8, 4) is 23.8 Å². The zero-order valence-corrected chi connectivity index (χ0v) is 12.2. The molecule has 19 heavy (non-hydrogen) atoms. The highest BCUT2D eigenvalue weighted by Gasteiger charge is 2.08. The second-order valence-electron chi connectivity index (χ2n) is 4.66. The van der Waals surface area contributed by atoms with Crippen LogP contribution in [0.2, 0.25) is 0 Å². The van der Waals surface area contributed by atoms with Gasteiger partial charge in [0, 0.05) is 6.54 Å². The Labute approximate surface area is 116 Å². The number of terminal acetylenes is 1. The van der Waals surface area contributed by atoms with Crippen molar-refractivity contribution in [1.29, 1.82) is 0 Å². The third-order valence-corrected chi connectivity index (χ3v) is 2.75. The Hall–Kier alpha value is -1.66. The van der Waals surface area contributed by atoms with Crippen LogP contribution in [0.4, 0.5) is 0 Å². The van der Waals surface area contributed by atoms with E-state index in [2.05, 4.69) is 18.2 Å². The van der Waals surface area contributed by atoms with Crippen LogP contribution in [-0.4, -0.2) is 19.3 Å². The van der Waals surface area contributed by atoms with E-state index >= 15 is 0 Å². The van der Waals surface area contributed by atoms with Crippen molar-refractivity contribution in [2.75, 3.05) is 7.11 Å². The third kappa shape index (κ3) is 4.84. The lowest BCUT2D eigenvalue weighted by Crippen LogP contribution is -2.26. The number of ether oxygens (including phenoxy) is 2. The maximum atomic E-state index is 5.68. The van der Waals surface area contributed by atoms with E-state index in [9.17, 15) is 0 Å². The molecule has 0 fully saturated rings. The van der Waals surface area contributed by atoms with E-state index in [4.69, 9.17) is 15.9 Å². The van der Waals surface area contributed by atoms with Gasteiger partial charge in [0.15, 0.2) is 11.5 Å². The molecule has 0 aliphatic rings. The number of hydrogen-bond acceptors (Lipinski definition) is 3. The van der Waals surface area contributed by atoms with Gasteiger partial charge in [-0.05, 0) is 38.0 Å². The van der Waals surface area contributed by atoms with E-state index < -0.39 is 0 Å². The number of rotatable bonds is 7. The smallest absolute Gasteiger partial charge is 0.161 e. The Kier molecular flexibility index (Phi) is 6.24. The van der Waals surface area contributed by atoms with Crippen LogP contribution in [0, 0.1) is 12.3 Å². The van der Waals surface area contributed by atoms with E-state index in [-0.39, 0.29) is 12.1 Å². The average molecular weight is 261 g/mol. The molecule has 0 aromatic heterocycles. The maximum Gasteiger partial charge on any atom is 0.161 e. The van der Waals surface area contributed by atoms with Crippen LogP contribution in [0.25, 0.3) is 0 Å². The highest BCUT2D eigenvalue weighted by Crippen LogP contribution is 2.28. The van der Waals surface area contributed by atoms with Gasteiger partial charge in [0.05, 0.1) is 19.3 Å². The molecule has 0 aliphatic heterocycles. The zero-order chi connectivity index (χ0) is 14.3. The fourth-order valence-corrected chi connectivity index (χ4v) is 1.74. The number of hydrogen-bond donors (Lipinski definition) is 1. The molecular weight excluding hydrogens is 238 g/mol. The Morgan fingerprint density at radius 2 is 2.05 bits per heavy atom. The minimum atomic E-state index is 0.109. The van der Waals surface area contributed by atoms with Crippen molar-refractivity contribution in [3.05, 3.63) is 23.8 Å². The minimum Gasteiger partial charge on any atom is -0.493 e. The summed E-state index contributed by atoms with van der Waals surface area (Å²) in [7, 11) is 1.65. The van der Waals surface area contributed by atoms with Gasteiger partial charge in [0.2, 0.25) is 0 Å². The monoisotopic (exact) mass is 261 g/mol. The second kappa shape index (κ2) is 7.70. The molecule has 1 atom stereocenters. The van der Waals surface area contributed by atoms with Gasteiger partial charge >= 0.3 is 0 Å². The molecule has 0 saturated carbocycles. The van der Waals surface area contributed by atoms with Crippen molar-refractivity contribution in [3.63, 3.8) is 0 Å². The SMILES string of the molecule is C#CC(CC)NCc1ccc(OC(C)C)c(OC)c1. The summed E-state index contributed by atoms with van der Waals surface area (Å²) in [6.45, 7) is 6.78. The Balaban J connectivity index is 2.74. The van der Waals surface area contributed by atoms with Crippen LogP contribution in [-0.2, 0) is 6.54 Å². The summed E-state index contributed by atoms with van der Waals surface area (Å²) in [6.07, 6.45) is 6.47. The van der Waals surface area contributed by atoms with Gasteiger partial charge < -0.3 is 9.47 Å². The number of benzene rings is 1. The van der Waals surface area contributed by atoms with Crippen LogP contribution in [0.3, 0.4) is 0 Å². The summed E-state index contributed by atoms with van der Waals surface area (Å²) in [5.41, 5.74) is 1.13. The zero-order valence-electron chi connectivity index (χ0n) is 12.2. The predicted molar refractivity (Wildman–Crippen MR) is 78.5 cm³/mol. The van der Waals surface area contributed by atoms with E-state index in [1.165, 1.54) is 0 Å². The topological polar surface area (TPSA) is 30.5 Å². The fourth-order valence-electron chi connectivity index (χ4n) is 1.74. The molecule has 0 radical (unpaired) electrons. The summed E-state index contributed by atoms with van der Waals surface area (Å²) in [5.74, 6) is 4.24. The van der Waals surface area contributed by atoms with E-state index in [0.717, 1.165) is 30.0 Å². The highest BCUT2D eigenvalue weighted by molar-refractivity contribution is 5.43. The van der Waals surface area contributed by atoms with Gasteiger partial charge in [0.25, 0.3) is 0 Å². The van der Waals surface area contributed by atoms with Crippen molar-refractivity contribution in [2.45, 2.75) is 45.9 Å². The van der Waals surface area contributed by atoms with Gasteiger partial charge in [-0.2, -0.15) is 0 Å². The van der Waals surface area contributed by atoms with E-state index in [1.807, 2.05) is 32.0 Å². The lowest BCUT2D eigenvalue weighted by Gasteiger charge is -2.15. The summed E-state index contributed by atoms with van der Waals surface area (Å²) < 4.78 is 11.0. The van der Waals surface area contributed by atoms with Gasteiger partial charge in [-0.1, -0.05) is 18.9 Å². The largest absolute Gasteiger partial charge is 0.493 e. The van der Waals surface area contributed by atoms with Crippen LogP contribution in [0.5, 0.6) is 11.5 Å². The molecule has 0 saturated heterocycles. The molecule has 0 spiro atoms. The first-order valence-corrected chi connectivity index (χ1v) is 6.63. The van der Waals surface area contributed by atoms with Crippen LogP contribution >= 0.6 is 0 Å². The van der Waals surface area contributed by atoms with Crippen LogP contribution in [0.15, 0.2) is 18.2 Å². The Bertz CT molecular complexity index is 435. The summed E-state index contributed by atoms with van der Waals surface area (Å²) in [5, 5.41) is 3.31. The molecule has 0 bridgehead atoms. The molecule has 1 unspecified atom stereocenters. The fraction of sp³-hybridized carbons (Fsp3) is 0.500. The van der Waals surface area contributed by atoms with Crippen LogP contribution < -0.4 is 14.8 Å². The van der Waals surface area contributed by atoms with Gasteiger partial charge in [-0.25, -0.2) is 0 Å². The highest BCUT2D eigenvalue weighted by atomic mass is 16.5. The van der Waals surface area contributed by atoms with E-state index in [0.29, 0.717) is 0 Å². The minimum absolute atomic E-state index is 0.109. The average Bonchev–Trinajstić information content (AvgIpc) is 2.40. The van der Waals surface area contributed by atoms with Crippen molar-refractivity contribution >= 4 is 0 Å². The number of methoxy groups -OCH3 is 1. The summed E-state index contributed by atoms with van der Waals surface area (Å²) in [4.78, 5) is 0. The first-order valence-electron chi connectivity index (χ1n) is 6.63. The van der Waals surface area contributed by atoms with Crippen molar-refractivity contribution in [2.24, 2.45) is 0 Å².